The molecule has 0 spiro atoms. The van der Waals surface area contributed by atoms with Crippen LogP contribution in [0.4, 0.5) is 5.82 Å². The van der Waals surface area contributed by atoms with Gasteiger partial charge in [-0.15, -0.1) is 0 Å². The molecule has 1 rings (SSSR count). The Morgan fingerprint density at radius 2 is 1.92 bits per heavy atom. The Labute approximate surface area is 141 Å². The predicted octanol–water partition coefficient (Wildman–Crippen LogP) is -0.330. The van der Waals surface area contributed by atoms with E-state index in [0.29, 0.717) is 6.42 Å². The van der Waals surface area contributed by atoms with Gasteiger partial charge in [-0.05, 0) is 12.5 Å². The first-order chi connectivity index (χ1) is 11.2. The van der Waals surface area contributed by atoms with Crippen LogP contribution in [0.5, 0.6) is 0 Å². The van der Waals surface area contributed by atoms with Gasteiger partial charge in [0, 0.05) is 27.5 Å². The van der Waals surface area contributed by atoms with E-state index >= 15 is 0 Å². The molecule has 0 amide bonds. The molecule has 0 aliphatic rings. The van der Waals surface area contributed by atoms with E-state index in [9.17, 15) is 9.36 Å². The van der Waals surface area contributed by atoms with E-state index in [1.807, 2.05) is 6.92 Å². The zero-order valence-corrected chi connectivity index (χ0v) is 15.3. The van der Waals surface area contributed by atoms with Crippen molar-refractivity contribution >= 4 is 13.4 Å². The lowest BCUT2D eigenvalue weighted by molar-refractivity contribution is 0.0465. The summed E-state index contributed by atoms with van der Waals surface area (Å²) in [6.07, 6.45) is 1.48. The summed E-state index contributed by atoms with van der Waals surface area (Å²) in [5.41, 5.74) is 4.90. The molecule has 11 heteroatoms. The van der Waals surface area contributed by atoms with Gasteiger partial charge in [-0.3, -0.25) is 9.13 Å². The molecule has 0 aliphatic heterocycles. The number of hydrogen-bond acceptors (Lipinski definition) is 7. The molecule has 0 saturated carbocycles. The fourth-order valence-corrected chi connectivity index (χ4v) is 1.78. The number of aromatic nitrogens is 2. The molecule has 1 atom stereocenters. The van der Waals surface area contributed by atoms with Crippen LogP contribution in [0.1, 0.15) is 13.3 Å². The summed E-state index contributed by atoms with van der Waals surface area (Å²) in [7, 11) is 0.197. The molecule has 10 nitrogen and oxygen atoms in total. The first-order valence-electron chi connectivity index (χ1n) is 7.07. The quantitative estimate of drug-likeness (QED) is 0.472. The summed E-state index contributed by atoms with van der Waals surface area (Å²) in [5, 5.41) is 7.00. The summed E-state index contributed by atoms with van der Waals surface area (Å²) < 4.78 is 21.6. The van der Waals surface area contributed by atoms with Crippen molar-refractivity contribution in [1.29, 1.82) is 0 Å². The Balaban J connectivity index is 0. The monoisotopic (exact) mass is 369 g/mol. The molecule has 0 fully saturated rings. The SMILES string of the molecule is CC[C@H](Cn1ccc(N)nc1=O)OCCP(=O)(O)O.CO.COC. The van der Waals surface area contributed by atoms with E-state index in [0.717, 1.165) is 7.11 Å². The maximum Gasteiger partial charge on any atom is 0.349 e. The predicted molar refractivity (Wildman–Crippen MR) is 90.9 cm³/mol. The van der Waals surface area contributed by atoms with E-state index in [2.05, 4.69) is 9.72 Å². The molecule has 0 bridgehead atoms. The number of hydrogen-bond donors (Lipinski definition) is 4. The second kappa shape index (κ2) is 14.1. The maximum atomic E-state index is 11.5. The van der Waals surface area contributed by atoms with Gasteiger partial charge in [0.25, 0.3) is 0 Å². The minimum absolute atomic E-state index is 0.0556. The number of ether oxygens (including phenoxy) is 2. The number of methoxy groups -OCH3 is 1. The van der Waals surface area contributed by atoms with E-state index in [-0.39, 0.29) is 31.2 Å². The van der Waals surface area contributed by atoms with Gasteiger partial charge in [-0.1, -0.05) is 6.92 Å². The van der Waals surface area contributed by atoms with Crippen LogP contribution < -0.4 is 11.4 Å². The molecule has 1 aromatic rings. The summed E-state index contributed by atoms with van der Waals surface area (Å²) in [5.74, 6) is 0.150. The van der Waals surface area contributed by atoms with Crippen molar-refractivity contribution in [2.75, 3.05) is 39.8 Å². The van der Waals surface area contributed by atoms with Crippen molar-refractivity contribution < 1.29 is 28.9 Å². The van der Waals surface area contributed by atoms with Crippen molar-refractivity contribution in [3.05, 3.63) is 22.7 Å². The van der Waals surface area contributed by atoms with Crippen LogP contribution in [-0.4, -0.2) is 64.6 Å². The number of rotatable bonds is 7. The Hall–Kier alpha value is -1.29. The molecular formula is C13H28N3O7P. The molecular weight excluding hydrogens is 341 g/mol. The topological polar surface area (TPSA) is 157 Å². The molecule has 0 radical (unpaired) electrons. The summed E-state index contributed by atoms with van der Waals surface area (Å²) in [4.78, 5) is 32.5. The van der Waals surface area contributed by atoms with Gasteiger partial charge in [-0.25, -0.2) is 4.79 Å². The molecule has 1 aromatic heterocycles. The second-order valence-corrected chi connectivity index (χ2v) is 6.26. The smallest absolute Gasteiger partial charge is 0.349 e. The Morgan fingerprint density at radius 1 is 1.38 bits per heavy atom. The minimum atomic E-state index is -4.05. The number of aliphatic hydroxyl groups is 1. The molecule has 142 valence electrons. The standard InChI is InChI=1S/C10H18N3O5P.C2H6O.CH4O/c1-2-8(18-5-6-19(15,16)17)7-13-4-3-9(11)12-10(13)14;1-3-2;1-2/h3-4,8H,2,5-7H2,1H3,(H2,11,12,14)(H2,15,16,17);1-2H3;2H,1H3/t8-;;/m1../s1. The average Bonchev–Trinajstić information content (AvgIpc) is 2.50. The third kappa shape index (κ3) is 13.2. The molecule has 0 unspecified atom stereocenters. The van der Waals surface area contributed by atoms with E-state index in [1.54, 1.807) is 14.2 Å². The number of nitrogen functional groups attached to an aromatic ring is 1. The highest BCUT2D eigenvalue weighted by molar-refractivity contribution is 7.51. The van der Waals surface area contributed by atoms with E-state index in [4.69, 9.17) is 25.4 Å². The van der Waals surface area contributed by atoms with Crippen LogP contribution in [0.3, 0.4) is 0 Å². The fraction of sp³-hybridized carbons (Fsp3) is 0.692. The first kappa shape index (κ1) is 25.0. The summed E-state index contributed by atoms with van der Waals surface area (Å²) in [6, 6.07) is 1.50. The lowest BCUT2D eigenvalue weighted by Gasteiger charge is -2.17. The highest BCUT2D eigenvalue weighted by Gasteiger charge is 2.15. The fourth-order valence-electron chi connectivity index (χ4n) is 1.44. The Kier molecular flexibility index (Phi) is 14.6. The van der Waals surface area contributed by atoms with E-state index in [1.165, 1.54) is 16.8 Å². The molecule has 24 heavy (non-hydrogen) atoms. The van der Waals surface area contributed by atoms with Crippen LogP contribution in [0.25, 0.3) is 0 Å². The minimum Gasteiger partial charge on any atom is -0.400 e. The van der Waals surface area contributed by atoms with Gasteiger partial charge in [-0.2, -0.15) is 4.98 Å². The lowest BCUT2D eigenvalue weighted by atomic mass is 10.3. The average molecular weight is 369 g/mol. The van der Waals surface area contributed by atoms with Crippen LogP contribution >= 0.6 is 7.60 Å². The van der Waals surface area contributed by atoms with Crippen LogP contribution in [0, 0.1) is 0 Å². The molecule has 5 N–H and O–H groups in total. The van der Waals surface area contributed by atoms with Gasteiger partial charge in [0.05, 0.1) is 25.4 Å². The number of nitrogens with zero attached hydrogens (tertiary/aromatic N) is 2. The number of aliphatic hydroxyl groups excluding tert-OH is 1. The van der Waals surface area contributed by atoms with Crippen LogP contribution in [-0.2, 0) is 20.6 Å². The maximum absolute atomic E-state index is 11.5. The van der Waals surface area contributed by atoms with Crippen molar-refractivity contribution in [3.8, 4) is 0 Å². The summed E-state index contributed by atoms with van der Waals surface area (Å²) >= 11 is 0. The number of anilines is 1. The second-order valence-electron chi connectivity index (χ2n) is 4.48. The summed E-state index contributed by atoms with van der Waals surface area (Å²) in [6.45, 7) is 2.07. The highest BCUT2D eigenvalue weighted by Crippen LogP contribution is 2.33. The number of nitrogens with two attached hydrogens (primary N) is 1. The van der Waals surface area contributed by atoms with Gasteiger partial charge in [0.1, 0.15) is 5.82 Å². The Bertz CT molecular complexity index is 533. The molecule has 0 aromatic carbocycles. The normalized spacial score (nSPS) is 11.6. The molecule has 0 saturated heterocycles. The third-order valence-corrected chi connectivity index (χ3v) is 3.25. The van der Waals surface area contributed by atoms with Crippen molar-refractivity contribution in [1.82, 2.24) is 9.55 Å². The first-order valence-corrected chi connectivity index (χ1v) is 8.87. The zero-order chi connectivity index (χ0) is 19.2. The van der Waals surface area contributed by atoms with Crippen molar-refractivity contribution in [2.24, 2.45) is 0 Å². The van der Waals surface area contributed by atoms with Crippen molar-refractivity contribution in [3.63, 3.8) is 0 Å². The van der Waals surface area contributed by atoms with Gasteiger partial charge >= 0.3 is 13.3 Å². The van der Waals surface area contributed by atoms with Crippen LogP contribution in [0.15, 0.2) is 17.1 Å². The largest absolute Gasteiger partial charge is 0.400 e. The molecule has 0 aliphatic carbocycles. The third-order valence-electron chi connectivity index (χ3n) is 2.49. The zero-order valence-electron chi connectivity index (χ0n) is 14.5. The Morgan fingerprint density at radius 3 is 2.33 bits per heavy atom. The van der Waals surface area contributed by atoms with Crippen molar-refractivity contribution in [2.45, 2.75) is 26.0 Å². The van der Waals surface area contributed by atoms with Gasteiger partial charge in [0.15, 0.2) is 0 Å². The lowest BCUT2D eigenvalue weighted by Crippen LogP contribution is -2.30. The van der Waals surface area contributed by atoms with E-state index < -0.39 is 13.3 Å². The van der Waals surface area contributed by atoms with Gasteiger partial charge in [0.2, 0.25) is 0 Å². The highest BCUT2D eigenvalue weighted by atomic mass is 31.2. The van der Waals surface area contributed by atoms with Gasteiger partial charge < -0.3 is 30.1 Å². The van der Waals surface area contributed by atoms with Crippen LogP contribution in [0.2, 0.25) is 0 Å². The molecule has 1 heterocycles.